The van der Waals surface area contributed by atoms with Crippen LogP contribution in [0.1, 0.15) is 11.1 Å². The van der Waals surface area contributed by atoms with Crippen LogP contribution in [0, 0.1) is 13.8 Å². The third kappa shape index (κ3) is 2.67. The molecule has 0 N–H and O–H groups in total. The predicted molar refractivity (Wildman–Crippen MR) is 120 cm³/mol. The first-order chi connectivity index (χ1) is 13.2. The van der Waals surface area contributed by atoms with E-state index in [1.54, 1.807) is 0 Å². The Balaban J connectivity index is 1.98. The smallest absolute Gasteiger partial charge is 0.0433 e. The van der Waals surface area contributed by atoms with E-state index in [0.29, 0.717) is 0 Å². The summed E-state index contributed by atoms with van der Waals surface area (Å²) in [4.78, 5) is 0. The van der Waals surface area contributed by atoms with Gasteiger partial charge >= 0.3 is 0 Å². The molecule has 0 amide bonds. The van der Waals surface area contributed by atoms with Crippen molar-refractivity contribution in [3.05, 3.63) is 95.4 Å². The van der Waals surface area contributed by atoms with E-state index in [-0.39, 0.29) is 0 Å². The standard InChI is InChI=1S/C26H20S/c1-17-7-11-19(12-8-17)24-22-6-4-3-5-21(22)23-15-16-27-26(23)25(24)20-13-9-18(2)10-14-20/h3-16H,1-2H3. The molecule has 5 aromatic rings. The van der Waals surface area contributed by atoms with Crippen LogP contribution >= 0.6 is 11.3 Å². The lowest BCUT2D eigenvalue weighted by atomic mass is 9.88. The van der Waals surface area contributed by atoms with E-state index in [1.165, 1.54) is 54.2 Å². The van der Waals surface area contributed by atoms with E-state index in [9.17, 15) is 0 Å². The maximum absolute atomic E-state index is 2.26. The molecule has 0 fully saturated rings. The Hall–Kier alpha value is -2.90. The number of rotatable bonds is 2. The fraction of sp³-hybridized carbons (Fsp3) is 0.0769. The van der Waals surface area contributed by atoms with Gasteiger partial charge in [0.15, 0.2) is 0 Å². The molecule has 1 aromatic heterocycles. The molecule has 0 aliphatic heterocycles. The van der Waals surface area contributed by atoms with Crippen LogP contribution in [0.4, 0.5) is 0 Å². The second-order valence-electron chi connectivity index (χ2n) is 7.19. The molecule has 0 aliphatic carbocycles. The van der Waals surface area contributed by atoms with Crippen molar-refractivity contribution in [3.8, 4) is 22.3 Å². The molecular weight excluding hydrogens is 344 g/mol. The highest BCUT2D eigenvalue weighted by Gasteiger charge is 2.18. The average Bonchev–Trinajstić information content (AvgIpc) is 3.18. The van der Waals surface area contributed by atoms with Gasteiger partial charge in [-0.1, -0.05) is 83.9 Å². The molecule has 130 valence electrons. The van der Waals surface area contributed by atoms with Crippen LogP contribution in [0.3, 0.4) is 0 Å². The summed E-state index contributed by atoms with van der Waals surface area (Å²) in [6.07, 6.45) is 0. The zero-order valence-corrected chi connectivity index (χ0v) is 16.3. The fourth-order valence-corrected chi connectivity index (χ4v) is 4.90. The van der Waals surface area contributed by atoms with Gasteiger partial charge in [-0.2, -0.15) is 0 Å². The Morgan fingerprint density at radius 3 is 1.70 bits per heavy atom. The van der Waals surface area contributed by atoms with Gasteiger partial charge in [0.1, 0.15) is 0 Å². The Morgan fingerprint density at radius 1 is 0.519 bits per heavy atom. The topological polar surface area (TPSA) is 0 Å². The first-order valence-corrected chi connectivity index (χ1v) is 10.2. The Labute approximate surface area is 163 Å². The number of aryl methyl sites for hydroxylation is 2. The van der Waals surface area contributed by atoms with Crippen molar-refractivity contribution >= 4 is 32.2 Å². The van der Waals surface area contributed by atoms with Gasteiger partial charge in [0, 0.05) is 15.6 Å². The minimum Gasteiger partial charge on any atom is -0.143 e. The summed E-state index contributed by atoms with van der Waals surface area (Å²) in [5.74, 6) is 0. The molecular formula is C26H20S. The van der Waals surface area contributed by atoms with Crippen LogP contribution in [-0.4, -0.2) is 0 Å². The van der Waals surface area contributed by atoms with Crippen LogP contribution in [0.2, 0.25) is 0 Å². The molecule has 0 atom stereocenters. The van der Waals surface area contributed by atoms with Gasteiger partial charge in [0.25, 0.3) is 0 Å². The zero-order valence-electron chi connectivity index (χ0n) is 15.5. The van der Waals surface area contributed by atoms with E-state index >= 15 is 0 Å². The summed E-state index contributed by atoms with van der Waals surface area (Å²) in [7, 11) is 0. The Bertz CT molecular complexity index is 1260. The lowest BCUT2D eigenvalue weighted by molar-refractivity contribution is 1.46. The van der Waals surface area contributed by atoms with Gasteiger partial charge < -0.3 is 0 Å². The number of fused-ring (bicyclic) bond motifs is 3. The summed E-state index contributed by atoms with van der Waals surface area (Å²) in [5, 5.41) is 6.22. The van der Waals surface area contributed by atoms with Gasteiger partial charge in [-0.15, -0.1) is 11.3 Å². The highest BCUT2D eigenvalue weighted by Crippen LogP contribution is 2.46. The predicted octanol–water partition coefficient (Wildman–Crippen LogP) is 8.01. The van der Waals surface area contributed by atoms with E-state index in [0.717, 1.165) is 0 Å². The minimum atomic E-state index is 1.28. The van der Waals surface area contributed by atoms with Crippen LogP contribution in [-0.2, 0) is 0 Å². The summed E-state index contributed by atoms with van der Waals surface area (Å²) >= 11 is 1.84. The fourth-order valence-electron chi connectivity index (χ4n) is 3.91. The van der Waals surface area contributed by atoms with Gasteiger partial charge in [0.2, 0.25) is 0 Å². The molecule has 0 unspecified atom stereocenters. The van der Waals surface area contributed by atoms with Crippen molar-refractivity contribution in [2.75, 3.05) is 0 Å². The SMILES string of the molecule is Cc1ccc(-c2c(-c3ccc(C)cc3)c3sccc3c3ccccc23)cc1. The molecule has 1 heterocycles. The molecule has 0 nitrogen and oxygen atoms in total. The summed E-state index contributed by atoms with van der Waals surface area (Å²) in [6.45, 7) is 4.29. The third-order valence-electron chi connectivity index (χ3n) is 5.31. The number of hydrogen-bond acceptors (Lipinski definition) is 1. The molecule has 0 saturated heterocycles. The molecule has 0 radical (unpaired) electrons. The molecule has 4 aromatic carbocycles. The molecule has 0 saturated carbocycles. The van der Waals surface area contributed by atoms with Gasteiger partial charge in [-0.05, 0) is 52.8 Å². The van der Waals surface area contributed by atoms with Crippen molar-refractivity contribution in [1.29, 1.82) is 0 Å². The highest BCUT2D eigenvalue weighted by atomic mass is 32.1. The Kier molecular flexibility index (Phi) is 3.84. The molecule has 1 heteroatoms. The average molecular weight is 365 g/mol. The quantitative estimate of drug-likeness (QED) is 0.297. The van der Waals surface area contributed by atoms with E-state index < -0.39 is 0 Å². The van der Waals surface area contributed by atoms with Crippen molar-refractivity contribution in [2.24, 2.45) is 0 Å². The van der Waals surface area contributed by atoms with Crippen LogP contribution in [0.5, 0.6) is 0 Å². The normalized spacial score (nSPS) is 11.3. The highest BCUT2D eigenvalue weighted by molar-refractivity contribution is 7.18. The summed E-state index contributed by atoms with van der Waals surface area (Å²) in [5.41, 5.74) is 7.83. The first-order valence-electron chi connectivity index (χ1n) is 9.28. The van der Waals surface area contributed by atoms with Crippen LogP contribution < -0.4 is 0 Å². The van der Waals surface area contributed by atoms with E-state index in [1.807, 2.05) is 11.3 Å². The van der Waals surface area contributed by atoms with Crippen molar-refractivity contribution in [2.45, 2.75) is 13.8 Å². The minimum absolute atomic E-state index is 1.28. The van der Waals surface area contributed by atoms with Gasteiger partial charge in [-0.25, -0.2) is 0 Å². The van der Waals surface area contributed by atoms with Crippen LogP contribution in [0.15, 0.2) is 84.2 Å². The molecule has 27 heavy (non-hydrogen) atoms. The Morgan fingerprint density at radius 2 is 1.07 bits per heavy atom. The third-order valence-corrected chi connectivity index (χ3v) is 6.24. The lowest BCUT2D eigenvalue weighted by Crippen LogP contribution is -1.90. The number of hydrogen-bond donors (Lipinski definition) is 0. The van der Waals surface area contributed by atoms with Crippen molar-refractivity contribution in [1.82, 2.24) is 0 Å². The van der Waals surface area contributed by atoms with Crippen LogP contribution in [0.25, 0.3) is 43.1 Å². The van der Waals surface area contributed by atoms with Crippen molar-refractivity contribution in [3.63, 3.8) is 0 Å². The summed E-state index contributed by atoms with van der Waals surface area (Å²) in [6, 6.07) is 28.9. The largest absolute Gasteiger partial charge is 0.143 e. The monoisotopic (exact) mass is 364 g/mol. The maximum Gasteiger partial charge on any atom is 0.0433 e. The van der Waals surface area contributed by atoms with Gasteiger partial charge in [0.05, 0.1) is 0 Å². The second-order valence-corrected chi connectivity index (χ2v) is 8.11. The van der Waals surface area contributed by atoms with Gasteiger partial charge in [-0.3, -0.25) is 0 Å². The maximum atomic E-state index is 2.26. The van der Waals surface area contributed by atoms with E-state index in [4.69, 9.17) is 0 Å². The molecule has 0 spiro atoms. The molecule has 5 rings (SSSR count). The van der Waals surface area contributed by atoms with E-state index in [2.05, 4.69) is 98.1 Å². The second kappa shape index (κ2) is 6.37. The van der Waals surface area contributed by atoms with Crippen molar-refractivity contribution < 1.29 is 0 Å². The zero-order chi connectivity index (χ0) is 18.4. The molecule has 0 aliphatic rings. The lowest BCUT2D eigenvalue weighted by Gasteiger charge is -2.17. The summed E-state index contributed by atoms with van der Waals surface area (Å²) < 4.78 is 1.37. The number of benzene rings is 4. The number of thiophene rings is 1. The molecule has 0 bridgehead atoms. The first kappa shape index (κ1) is 16.3.